The van der Waals surface area contributed by atoms with Gasteiger partial charge in [0.1, 0.15) is 12.2 Å². The maximum absolute atomic E-state index is 6.18. The van der Waals surface area contributed by atoms with Crippen molar-refractivity contribution in [2.45, 2.75) is 19.4 Å². The molecule has 17 heavy (non-hydrogen) atoms. The van der Waals surface area contributed by atoms with Crippen LogP contribution in [0.15, 0.2) is 24.5 Å². The normalized spacial score (nSPS) is 12.6. The molecule has 0 amide bonds. The van der Waals surface area contributed by atoms with Gasteiger partial charge in [-0.1, -0.05) is 23.7 Å². The first kappa shape index (κ1) is 12.0. The van der Waals surface area contributed by atoms with Crippen molar-refractivity contribution in [3.05, 3.63) is 46.5 Å². The Bertz CT molecular complexity index is 483. The van der Waals surface area contributed by atoms with Gasteiger partial charge < -0.3 is 0 Å². The lowest BCUT2D eigenvalue weighted by Crippen LogP contribution is -2.30. The second-order valence-electron chi connectivity index (χ2n) is 3.89. The number of halogens is 1. The van der Waals surface area contributed by atoms with E-state index in [4.69, 9.17) is 17.4 Å². The first-order valence-corrected chi connectivity index (χ1v) is 5.65. The van der Waals surface area contributed by atoms with Gasteiger partial charge in [0.15, 0.2) is 0 Å². The van der Waals surface area contributed by atoms with Gasteiger partial charge in [-0.3, -0.25) is 10.9 Å². The summed E-state index contributed by atoms with van der Waals surface area (Å²) >= 11 is 6.18. The predicted octanol–water partition coefficient (Wildman–Crippen LogP) is 1.51. The molecule has 2 aromatic rings. The van der Waals surface area contributed by atoms with Crippen LogP contribution in [0.2, 0.25) is 5.02 Å². The molecule has 0 fully saturated rings. The summed E-state index contributed by atoms with van der Waals surface area (Å²) in [4.78, 5) is 4.08. The van der Waals surface area contributed by atoms with Crippen LogP contribution in [-0.4, -0.2) is 15.2 Å². The minimum absolute atomic E-state index is 0.127. The Morgan fingerprint density at radius 3 is 2.94 bits per heavy atom. The van der Waals surface area contributed by atoms with E-state index in [0.717, 1.165) is 16.1 Å². The average Bonchev–Trinajstić information content (AvgIpc) is 2.81. The SMILES string of the molecule is Cc1ccc(CC(NN)c2ncn[nH]2)c(Cl)c1. The van der Waals surface area contributed by atoms with Gasteiger partial charge in [-0.15, -0.1) is 0 Å². The van der Waals surface area contributed by atoms with E-state index in [9.17, 15) is 0 Å². The molecule has 0 saturated carbocycles. The van der Waals surface area contributed by atoms with Crippen LogP contribution < -0.4 is 11.3 Å². The third kappa shape index (κ3) is 2.82. The van der Waals surface area contributed by atoms with Crippen LogP contribution in [0.1, 0.15) is 23.0 Å². The standard InChI is InChI=1S/C11H14ClN5/c1-7-2-3-8(9(12)4-7)5-10(16-13)11-14-6-15-17-11/h2-4,6,10,16H,5,13H2,1H3,(H,14,15,17). The summed E-state index contributed by atoms with van der Waals surface area (Å²) in [6.45, 7) is 2.00. The van der Waals surface area contributed by atoms with E-state index in [2.05, 4.69) is 20.6 Å². The van der Waals surface area contributed by atoms with E-state index in [1.165, 1.54) is 6.33 Å². The van der Waals surface area contributed by atoms with Crippen molar-refractivity contribution in [1.82, 2.24) is 20.6 Å². The summed E-state index contributed by atoms with van der Waals surface area (Å²) < 4.78 is 0. The van der Waals surface area contributed by atoms with Gasteiger partial charge in [0.05, 0.1) is 6.04 Å². The number of aryl methyl sites for hydroxylation is 1. The van der Waals surface area contributed by atoms with Crippen LogP contribution in [-0.2, 0) is 6.42 Å². The van der Waals surface area contributed by atoms with Crippen molar-refractivity contribution in [1.29, 1.82) is 0 Å². The molecule has 0 radical (unpaired) electrons. The Morgan fingerprint density at radius 1 is 1.53 bits per heavy atom. The lowest BCUT2D eigenvalue weighted by molar-refractivity contribution is 0.524. The van der Waals surface area contributed by atoms with E-state index in [0.29, 0.717) is 12.2 Å². The zero-order valence-electron chi connectivity index (χ0n) is 9.44. The molecule has 1 unspecified atom stereocenters. The van der Waals surface area contributed by atoms with Crippen LogP contribution in [0.5, 0.6) is 0 Å². The zero-order valence-corrected chi connectivity index (χ0v) is 10.2. The molecule has 0 bridgehead atoms. The van der Waals surface area contributed by atoms with Gasteiger partial charge in [-0.2, -0.15) is 5.10 Å². The zero-order chi connectivity index (χ0) is 12.3. The van der Waals surface area contributed by atoms with Crippen LogP contribution in [0.3, 0.4) is 0 Å². The minimum Gasteiger partial charge on any atom is -0.271 e. The molecule has 0 spiro atoms. The molecule has 0 saturated heterocycles. The summed E-state index contributed by atoms with van der Waals surface area (Å²) in [7, 11) is 0. The fraction of sp³-hybridized carbons (Fsp3) is 0.273. The number of H-pyrrole nitrogens is 1. The summed E-state index contributed by atoms with van der Waals surface area (Å²) in [5.41, 5.74) is 4.86. The molecule has 4 N–H and O–H groups in total. The fourth-order valence-corrected chi connectivity index (χ4v) is 1.97. The third-order valence-electron chi connectivity index (χ3n) is 2.60. The maximum Gasteiger partial charge on any atom is 0.143 e. The second kappa shape index (κ2) is 5.27. The molecule has 6 heteroatoms. The highest BCUT2D eigenvalue weighted by atomic mass is 35.5. The van der Waals surface area contributed by atoms with E-state index in [1.807, 2.05) is 25.1 Å². The first-order chi connectivity index (χ1) is 8.20. The quantitative estimate of drug-likeness (QED) is 0.569. The Labute approximate surface area is 104 Å². The molecule has 0 aliphatic rings. The fourth-order valence-electron chi connectivity index (χ4n) is 1.66. The first-order valence-electron chi connectivity index (χ1n) is 5.27. The van der Waals surface area contributed by atoms with E-state index in [-0.39, 0.29) is 6.04 Å². The van der Waals surface area contributed by atoms with Gasteiger partial charge in [-0.25, -0.2) is 10.4 Å². The van der Waals surface area contributed by atoms with Gasteiger partial charge in [0.2, 0.25) is 0 Å². The molecular weight excluding hydrogens is 238 g/mol. The molecule has 1 aromatic heterocycles. The second-order valence-corrected chi connectivity index (χ2v) is 4.30. The van der Waals surface area contributed by atoms with E-state index < -0.39 is 0 Å². The molecule has 1 aromatic carbocycles. The number of aromatic nitrogens is 3. The lowest BCUT2D eigenvalue weighted by Gasteiger charge is -2.14. The molecule has 0 aliphatic heterocycles. The average molecular weight is 252 g/mol. The Hall–Kier alpha value is -1.43. The van der Waals surface area contributed by atoms with Crippen LogP contribution in [0.4, 0.5) is 0 Å². The minimum atomic E-state index is -0.127. The molecule has 5 nitrogen and oxygen atoms in total. The molecule has 2 rings (SSSR count). The molecule has 1 heterocycles. The van der Waals surface area contributed by atoms with Gasteiger partial charge in [0, 0.05) is 5.02 Å². The van der Waals surface area contributed by atoms with Crippen LogP contribution in [0.25, 0.3) is 0 Å². The van der Waals surface area contributed by atoms with Gasteiger partial charge >= 0.3 is 0 Å². The number of rotatable bonds is 4. The van der Waals surface area contributed by atoms with Crippen molar-refractivity contribution in [3.8, 4) is 0 Å². The van der Waals surface area contributed by atoms with Crippen LogP contribution in [0, 0.1) is 6.92 Å². The number of hydrogen-bond donors (Lipinski definition) is 3. The largest absolute Gasteiger partial charge is 0.271 e. The van der Waals surface area contributed by atoms with E-state index in [1.54, 1.807) is 0 Å². The number of nitrogens with two attached hydrogens (primary N) is 1. The molecule has 1 atom stereocenters. The van der Waals surface area contributed by atoms with Gasteiger partial charge in [-0.05, 0) is 30.5 Å². The number of benzene rings is 1. The monoisotopic (exact) mass is 251 g/mol. The third-order valence-corrected chi connectivity index (χ3v) is 2.95. The van der Waals surface area contributed by atoms with Crippen molar-refractivity contribution < 1.29 is 0 Å². The number of nitrogens with zero attached hydrogens (tertiary/aromatic N) is 2. The summed E-state index contributed by atoms with van der Waals surface area (Å²) in [5.74, 6) is 6.21. The molecule has 90 valence electrons. The van der Waals surface area contributed by atoms with Crippen molar-refractivity contribution in [3.63, 3.8) is 0 Å². The van der Waals surface area contributed by atoms with E-state index >= 15 is 0 Å². The topological polar surface area (TPSA) is 79.6 Å². The smallest absolute Gasteiger partial charge is 0.143 e. The summed E-state index contributed by atoms with van der Waals surface area (Å²) in [5, 5.41) is 7.34. The van der Waals surface area contributed by atoms with Crippen molar-refractivity contribution in [2.75, 3.05) is 0 Å². The predicted molar refractivity (Wildman–Crippen MR) is 66.3 cm³/mol. The van der Waals surface area contributed by atoms with Gasteiger partial charge in [0.25, 0.3) is 0 Å². The Kier molecular flexibility index (Phi) is 3.73. The van der Waals surface area contributed by atoms with Crippen molar-refractivity contribution in [2.24, 2.45) is 5.84 Å². The Morgan fingerprint density at radius 2 is 2.35 bits per heavy atom. The highest BCUT2D eigenvalue weighted by Crippen LogP contribution is 2.22. The molecular formula is C11H14ClN5. The number of hydrogen-bond acceptors (Lipinski definition) is 4. The maximum atomic E-state index is 6.18. The number of aromatic amines is 1. The van der Waals surface area contributed by atoms with Crippen LogP contribution >= 0.6 is 11.6 Å². The molecule has 0 aliphatic carbocycles. The summed E-state index contributed by atoms with van der Waals surface area (Å²) in [6, 6.07) is 5.83. The summed E-state index contributed by atoms with van der Waals surface area (Å²) in [6.07, 6.45) is 2.11. The Balaban J connectivity index is 2.19. The lowest BCUT2D eigenvalue weighted by atomic mass is 10.0. The highest BCUT2D eigenvalue weighted by molar-refractivity contribution is 6.31. The highest BCUT2D eigenvalue weighted by Gasteiger charge is 2.14. The number of hydrazine groups is 1. The number of nitrogens with one attached hydrogen (secondary N) is 2. The van der Waals surface area contributed by atoms with Crippen molar-refractivity contribution >= 4 is 11.6 Å².